The van der Waals surface area contributed by atoms with Crippen molar-refractivity contribution in [1.82, 2.24) is 5.32 Å². The summed E-state index contributed by atoms with van der Waals surface area (Å²) < 4.78 is 23.7. The zero-order valence-corrected chi connectivity index (χ0v) is 28.9. The van der Waals surface area contributed by atoms with Crippen molar-refractivity contribution in [3.8, 4) is 0 Å². The number of unbranched alkanes of at least 4 members (excludes halogenated alkanes) is 4. The zero-order chi connectivity index (χ0) is 34.3. The lowest BCUT2D eigenvalue weighted by Crippen LogP contribution is -2.64. The van der Waals surface area contributed by atoms with Crippen LogP contribution in [-0.2, 0) is 33.3 Å². The number of ether oxygens (including phenoxy) is 4. The topological polar surface area (TPSA) is 158 Å². The summed E-state index contributed by atoms with van der Waals surface area (Å²) in [6.07, 6.45) is 4.36. The first-order chi connectivity index (χ1) is 22.3. The van der Waals surface area contributed by atoms with Crippen LogP contribution in [0.15, 0.2) is 11.6 Å². The molecule has 7 unspecified atom stereocenters. The monoisotopic (exact) mass is 661 g/mol. The lowest BCUT2D eigenvalue weighted by atomic mass is 9.43. The van der Waals surface area contributed by atoms with Crippen LogP contribution in [0.1, 0.15) is 98.8 Å². The van der Waals surface area contributed by atoms with E-state index in [4.69, 9.17) is 18.9 Å². The van der Waals surface area contributed by atoms with Gasteiger partial charge in [-0.1, -0.05) is 71.4 Å². The highest BCUT2D eigenvalue weighted by atomic mass is 16.7. The molecule has 11 nitrogen and oxygen atoms in total. The number of methoxy groups -OCH3 is 1. The number of carbonyl (C=O) groups is 4. The van der Waals surface area contributed by atoms with Crippen LogP contribution in [0, 0.1) is 45.8 Å². The maximum absolute atomic E-state index is 13.7. The lowest BCUT2D eigenvalue weighted by Gasteiger charge is -2.58. The highest BCUT2D eigenvalue weighted by Gasteiger charge is 2.84. The number of carboxylic acids is 1. The number of carbonyl (C=O) groups excluding carboxylic acids is 3. The average molecular weight is 662 g/mol. The van der Waals surface area contributed by atoms with E-state index in [1.165, 1.54) is 7.11 Å². The highest BCUT2D eigenvalue weighted by Crippen LogP contribution is 2.82. The van der Waals surface area contributed by atoms with Gasteiger partial charge in [0.15, 0.2) is 12.4 Å². The predicted molar refractivity (Wildman–Crippen MR) is 171 cm³/mol. The third-order valence-electron chi connectivity index (χ3n) is 12.6. The smallest absolute Gasteiger partial charge is 0.414 e. The van der Waals surface area contributed by atoms with Gasteiger partial charge in [-0.3, -0.25) is 14.9 Å². The van der Waals surface area contributed by atoms with Gasteiger partial charge < -0.3 is 34.0 Å². The second-order valence-electron chi connectivity index (χ2n) is 15.3. The number of nitrogens with one attached hydrogen (secondary N) is 1. The number of aliphatic carboxylic acids is 1. The molecule has 4 bridgehead atoms. The summed E-state index contributed by atoms with van der Waals surface area (Å²) in [5, 5.41) is 25.0. The molecule has 4 fully saturated rings. The van der Waals surface area contributed by atoms with Crippen LogP contribution >= 0.6 is 0 Å². The maximum Gasteiger partial charge on any atom is 0.414 e. The van der Waals surface area contributed by atoms with Gasteiger partial charge in [0.05, 0.1) is 18.1 Å². The van der Waals surface area contributed by atoms with Crippen molar-refractivity contribution < 1.29 is 48.3 Å². The summed E-state index contributed by atoms with van der Waals surface area (Å²) in [6, 6.07) is 0. The van der Waals surface area contributed by atoms with Gasteiger partial charge in [-0.2, -0.15) is 0 Å². The number of rotatable bonds is 14. The van der Waals surface area contributed by atoms with Crippen LogP contribution in [0.4, 0.5) is 4.79 Å². The Kier molecular flexibility index (Phi) is 10.6. The first-order valence-electron chi connectivity index (χ1n) is 17.7. The molecule has 5 rings (SSSR count). The molecule has 264 valence electrons. The highest BCUT2D eigenvalue weighted by molar-refractivity contribution is 5.92. The SMILES string of the molecule is CCCCCCCC(=O)NC(=O)O[C@H]1[C@H](O)[C@H](OCC23CC4C(C)CCC4C4(C=O)CC2C=C(C(C)C)C43C(=O)O)O[C@H](C)[C@H]1OC. The molecule has 0 aromatic heterocycles. The third-order valence-corrected chi connectivity index (χ3v) is 12.6. The van der Waals surface area contributed by atoms with Gasteiger partial charge in [0, 0.05) is 18.9 Å². The Hall–Kier alpha value is -2.34. The Morgan fingerprint density at radius 2 is 1.83 bits per heavy atom. The third kappa shape index (κ3) is 5.57. The van der Waals surface area contributed by atoms with Crippen LogP contribution in [-0.4, -0.2) is 78.9 Å². The molecule has 0 radical (unpaired) electrons. The average Bonchev–Trinajstić information content (AvgIpc) is 3.59. The second kappa shape index (κ2) is 13.9. The van der Waals surface area contributed by atoms with Crippen LogP contribution in [0.2, 0.25) is 0 Å². The molecule has 11 heteroatoms. The minimum atomic E-state index is -1.49. The van der Waals surface area contributed by atoms with Crippen molar-refractivity contribution in [3.63, 3.8) is 0 Å². The van der Waals surface area contributed by atoms with Crippen molar-refractivity contribution in [2.75, 3.05) is 13.7 Å². The van der Waals surface area contributed by atoms with Gasteiger partial charge in [0.1, 0.15) is 23.9 Å². The maximum atomic E-state index is 13.7. The van der Waals surface area contributed by atoms with Crippen molar-refractivity contribution in [2.24, 2.45) is 45.8 Å². The summed E-state index contributed by atoms with van der Waals surface area (Å²) >= 11 is 0. The number of hydrogen-bond donors (Lipinski definition) is 3. The molecule has 0 aromatic rings. The molecule has 0 aromatic carbocycles. The number of carboxylic acid groups (broad SMARTS) is 1. The molecule has 3 saturated carbocycles. The Morgan fingerprint density at radius 3 is 2.47 bits per heavy atom. The van der Waals surface area contributed by atoms with Crippen LogP contribution in [0.5, 0.6) is 0 Å². The number of alkyl carbamates (subject to hydrolysis) is 1. The van der Waals surface area contributed by atoms with Crippen LogP contribution < -0.4 is 5.32 Å². The van der Waals surface area contributed by atoms with E-state index in [2.05, 4.69) is 25.2 Å². The number of allylic oxidation sites excluding steroid dienone is 1. The van der Waals surface area contributed by atoms with E-state index in [-0.39, 0.29) is 36.7 Å². The number of aliphatic hydroxyl groups is 1. The number of amides is 2. The summed E-state index contributed by atoms with van der Waals surface area (Å²) in [5.74, 6) is -1.20. The summed E-state index contributed by atoms with van der Waals surface area (Å²) in [5.41, 5.74) is -2.60. The van der Waals surface area contributed by atoms with Crippen molar-refractivity contribution in [2.45, 2.75) is 130 Å². The Morgan fingerprint density at radius 1 is 1.11 bits per heavy atom. The summed E-state index contributed by atoms with van der Waals surface area (Å²) in [4.78, 5) is 52.2. The first kappa shape index (κ1) is 36.0. The zero-order valence-electron chi connectivity index (χ0n) is 28.9. The first-order valence-corrected chi connectivity index (χ1v) is 17.7. The van der Waals surface area contributed by atoms with Crippen LogP contribution in [0.25, 0.3) is 0 Å². The molecule has 5 aliphatic rings. The van der Waals surface area contributed by atoms with Gasteiger partial charge in [0.2, 0.25) is 5.91 Å². The molecular formula is C36H55NO10. The number of aldehydes is 1. The van der Waals surface area contributed by atoms with Gasteiger partial charge >= 0.3 is 12.1 Å². The number of imide groups is 1. The minimum absolute atomic E-state index is 0.0129. The summed E-state index contributed by atoms with van der Waals surface area (Å²) in [6.45, 7) is 9.94. The molecule has 3 N–H and O–H groups in total. The van der Waals surface area contributed by atoms with Crippen molar-refractivity contribution in [1.29, 1.82) is 0 Å². The second-order valence-corrected chi connectivity index (χ2v) is 15.3. The Labute approximate surface area is 278 Å². The number of hydrogen-bond acceptors (Lipinski definition) is 9. The fourth-order valence-corrected chi connectivity index (χ4v) is 10.7. The van der Waals surface area contributed by atoms with Gasteiger partial charge in [-0.15, -0.1) is 0 Å². The van der Waals surface area contributed by atoms with E-state index in [0.29, 0.717) is 25.2 Å². The van der Waals surface area contributed by atoms with Gasteiger partial charge in [-0.25, -0.2) is 4.79 Å². The lowest BCUT2D eigenvalue weighted by molar-refractivity contribution is -0.306. The molecule has 2 amide bonds. The normalized spacial score (nSPS) is 41.8. The summed E-state index contributed by atoms with van der Waals surface area (Å²) in [7, 11) is 1.42. The molecule has 47 heavy (non-hydrogen) atoms. The van der Waals surface area contributed by atoms with E-state index in [1.54, 1.807) is 6.92 Å². The molecule has 12 atom stereocenters. The van der Waals surface area contributed by atoms with E-state index in [1.807, 2.05) is 13.8 Å². The molecule has 1 saturated heterocycles. The van der Waals surface area contributed by atoms with E-state index < -0.39 is 64.9 Å². The van der Waals surface area contributed by atoms with E-state index in [9.17, 15) is 29.4 Å². The number of aliphatic hydroxyl groups excluding tert-OH is 1. The Bertz CT molecular complexity index is 1240. The fourth-order valence-electron chi connectivity index (χ4n) is 10.7. The standard InChI is InChI=1S/C36H55NO10/c1-7-8-9-10-11-12-27(39)37-33(43)47-30-28(40)31(46-22(5)29(30)44-6)45-19-35-17-24-21(4)13-14-25(24)34(18-38)16-23(35)15-26(20(2)3)36(34,35)32(41)42/h15,18,20-25,28-31,40H,7-14,16-17,19H2,1-6H3,(H,41,42)(H,37,39,43)/t21?,22-,23?,24?,25?,28+,29-,30+,31-,34?,35?,36?/m1/s1. The fraction of sp³-hybridized carbons (Fsp3) is 0.833. The quantitative estimate of drug-likeness (QED) is 0.131. The molecule has 1 heterocycles. The molecule has 1 aliphatic heterocycles. The van der Waals surface area contributed by atoms with E-state index >= 15 is 0 Å². The predicted octanol–water partition coefficient (Wildman–Crippen LogP) is 5.03. The van der Waals surface area contributed by atoms with Gasteiger partial charge in [0.25, 0.3) is 0 Å². The Balaban J connectivity index is 1.36. The largest absolute Gasteiger partial charge is 0.481 e. The molecular weight excluding hydrogens is 606 g/mol. The minimum Gasteiger partial charge on any atom is -0.481 e. The van der Waals surface area contributed by atoms with Gasteiger partial charge in [-0.05, 0) is 62.2 Å². The van der Waals surface area contributed by atoms with Crippen molar-refractivity contribution >= 4 is 24.3 Å². The molecule has 0 spiro atoms. The number of fused-ring (bicyclic) bond motifs is 2. The van der Waals surface area contributed by atoms with Crippen LogP contribution in [0.3, 0.4) is 0 Å². The molecule has 4 aliphatic carbocycles. The van der Waals surface area contributed by atoms with E-state index in [0.717, 1.165) is 50.4 Å². The van der Waals surface area contributed by atoms with Crippen molar-refractivity contribution in [3.05, 3.63) is 11.6 Å².